The highest BCUT2D eigenvalue weighted by Gasteiger charge is 2.28. The van der Waals surface area contributed by atoms with Crippen molar-refractivity contribution in [2.75, 3.05) is 20.3 Å². The van der Waals surface area contributed by atoms with E-state index in [1.54, 1.807) is 29.5 Å². The predicted octanol–water partition coefficient (Wildman–Crippen LogP) is 4.69. The summed E-state index contributed by atoms with van der Waals surface area (Å²) in [5.41, 5.74) is 1.90. The molecule has 2 heterocycles. The summed E-state index contributed by atoms with van der Waals surface area (Å²) in [6, 6.07) is 4.99. The van der Waals surface area contributed by atoms with Crippen molar-refractivity contribution >= 4 is 40.8 Å². The Labute approximate surface area is 198 Å². The van der Waals surface area contributed by atoms with Gasteiger partial charge in [0.25, 0.3) is 0 Å². The summed E-state index contributed by atoms with van der Waals surface area (Å²) in [5, 5.41) is 5.35. The van der Waals surface area contributed by atoms with E-state index in [0.29, 0.717) is 48.2 Å². The molecule has 172 valence electrons. The fourth-order valence-electron chi connectivity index (χ4n) is 3.72. The van der Waals surface area contributed by atoms with Crippen molar-refractivity contribution in [1.82, 2.24) is 10.2 Å². The summed E-state index contributed by atoms with van der Waals surface area (Å²) in [5.74, 6) is 0.615. The van der Waals surface area contributed by atoms with Crippen LogP contribution in [0, 0.1) is 0 Å². The molecule has 1 N–H and O–H groups in total. The van der Waals surface area contributed by atoms with Crippen LogP contribution in [0.3, 0.4) is 0 Å². The molecule has 1 aromatic heterocycles. The van der Waals surface area contributed by atoms with Crippen molar-refractivity contribution in [3.8, 4) is 11.5 Å². The standard InChI is InChI=1S/C24H29ClN2O4S/c1-4-6-19(24(29)27-11-9-21-17(15-27)10-12-32-21)26-22(28)8-7-16-13-18(25)23(31-5-2)20(14-16)30-3/h7-8,10,12-14,19H,4-6,9,11,15H2,1-3H3,(H,26,28)/b8-7+. The van der Waals surface area contributed by atoms with E-state index in [4.69, 9.17) is 21.1 Å². The SMILES string of the molecule is CCCC(NC(=O)/C=C/c1cc(Cl)c(OCC)c(OC)c1)C(=O)N1CCc2sccc2C1. The quantitative estimate of drug-likeness (QED) is 0.533. The van der Waals surface area contributed by atoms with Crippen molar-refractivity contribution in [1.29, 1.82) is 0 Å². The Balaban J connectivity index is 1.67. The van der Waals surface area contributed by atoms with Gasteiger partial charge in [-0.1, -0.05) is 24.9 Å². The number of hydrogen-bond donors (Lipinski definition) is 1. The minimum atomic E-state index is -0.546. The summed E-state index contributed by atoms with van der Waals surface area (Å²) in [4.78, 5) is 28.9. The lowest BCUT2D eigenvalue weighted by atomic mass is 10.1. The van der Waals surface area contributed by atoms with Crippen molar-refractivity contribution in [2.45, 2.75) is 45.7 Å². The second-order valence-electron chi connectivity index (χ2n) is 7.53. The predicted molar refractivity (Wildman–Crippen MR) is 128 cm³/mol. The molecule has 2 amide bonds. The van der Waals surface area contributed by atoms with E-state index in [0.717, 1.165) is 12.8 Å². The number of hydrogen-bond acceptors (Lipinski definition) is 5. The van der Waals surface area contributed by atoms with Gasteiger partial charge in [0.2, 0.25) is 11.8 Å². The third-order valence-electron chi connectivity index (χ3n) is 5.28. The third kappa shape index (κ3) is 5.84. The van der Waals surface area contributed by atoms with E-state index in [2.05, 4.69) is 16.8 Å². The van der Waals surface area contributed by atoms with Crippen LogP contribution in [0.5, 0.6) is 11.5 Å². The van der Waals surface area contributed by atoms with Crippen LogP contribution in [0.25, 0.3) is 6.08 Å². The number of benzene rings is 1. The highest BCUT2D eigenvalue weighted by Crippen LogP contribution is 2.36. The minimum Gasteiger partial charge on any atom is -0.493 e. The number of carbonyl (C=O) groups excluding carboxylic acids is 2. The number of nitrogens with one attached hydrogen (secondary N) is 1. The van der Waals surface area contributed by atoms with Gasteiger partial charge in [0.05, 0.1) is 18.7 Å². The highest BCUT2D eigenvalue weighted by molar-refractivity contribution is 7.10. The van der Waals surface area contributed by atoms with Crippen LogP contribution in [0.4, 0.5) is 0 Å². The van der Waals surface area contributed by atoms with Crippen LogP contribution in [0.15, 0.2) is 29.7 Å². The molecule has 0 aliphatic carbocycles. The van der Waals surface area contributed by atoms with Crippen molar-refractivity contribution in [3.63, 3.8) is 0 Å². The van der Waals surface area contributed by atoms with Gasteiger partial charge in [-0.25, -0.2) is 0 Å². The number of carbonyl (C=O) groups is 2. The zero-order chi connectivity index (χ0) is 23.1. The van der Waals surface area contributed by atoms with Crippen molar-refractivity contribution in [2.24, 2.45) is 0 Å². The van der Waals surface area contributed by atoms with Crippen molar-refractivity contribution in [3.05, 3.63) is 50.7 Å². The van der Waals surface area contributed by atoms with E-state index in [9.17, 15) is 9.59 Å². The van der Waals surface area contributed by atoms with Crippen LogP contribution in [-0.4, -0.2) is 43.0 Å². The molecule has 6 nitrogen and oxygen atoms in total. The van der Waals surface area contributed by atoms with Gasteiger partial charge in [-0.05, 0) is 60.5 Å². The van der Waals surface area contributed by atoms with E-state index in [-0.39, 0.29) is 11.8 Å². The Bertz CT molecular complexity index is 988. The lowest BCUT2D eigenvalue weighted by Gasteiger charge is -2.30. The maximum Gasteiger partial charge on any atom is 0.245 e. The number of nitrogens with zero attached hydrogens (tertiary/aromatic N) is 1. The number of ether oxygens (including phenoxy) is 2. The number of rotatable bonds is 9. The maximum atomic E-state index is 13.1. The van der Waals surface area contributed by atoms with Crippen molar-refractivity contribution < 1.29 is 19.1 Å². The summed E-state index contributed by atoms with van der Waals surface area (Å²) in [6.45, 7) is 5.62. The molecule has 0 radical (unpaired) electrons. The highest BCUT2D eigenvalue weighted by atomic mass is 35.5. The van der Waals surface area contributed by atoms with Crippen LogP contribution in [0.2, 0.25) is 5.02 Å². The number of amides is 2. The fraction of sp³-hybridized carbons (Fsp3) is 0.417. The van der Waals surface area contributed by atoms with Gasteiger partial charge in [-0.15, -0.1) is 11.3 Å². The van der Waals surface area contributed by atoms with Gasteiger partial charge < -0.3 is 19.7 Å². The second kappa shape index (κ2) is 11.4. The number of fused-ring (bicyclic) bond motifs is 1. The normalized spacial score (nSPS) is 14.2. The van der Waals surface area contributed by atoms with E-state index >= 15 is 0 Å². The van der Waals surface area contributed by atoms with Gasteiger partial charge in [-0.3, -0.25) is 9.59 Å². The Kier molecular flexibility index (Phi) is 8.59. The van der Waals surface area contributed by atoms with Gasteiger partial charge in [-0.2, -0.15) is 0 Å². The molecule has 0 saturated carbocycles. The Morgan fingerprint density at radius 1 is 1.34 bits per heavy atom. The lowest BCUT2D eigenvalue weighted by molar-refractivity contribution is -0.136. The third-order valence-corrected chi connectivity index (χ3v) is 6.58. The molecule has 1 aromatic carbocycles. The molecule has 0 bridgehead atoms. The first-order valence-electron chi connectivity index (χ1n) is 10.8. The fourth-order valence-corrected chi connectivity index (χ4v) is 4.88. The first-order valence-corrected chi connectivity index (χ1v) is 12.1. The topological polar surface area (TPSA) is 67.9 Å². The monoisotopic (exact) mass is 476 g/mol. The molecule has 2 aromatic rings. The zero-order valence-electron chi connectivity index (χ0n) is 18.7. The Hall–Kier alpha value is -2.51. The molecular formula is C24H29ClN2O4S. The molecule has 32 heavy (non-hydrogen) atoms. The summed E-state index contributed by atoms with van der Waals surface area (Å²) in [6.07, 6.45) is 5.31. The van der Waals surface area contributed by atoms with Gasteiger partial charge in [0, 0.05) is 24.0 Å². The number of thiophene rings is 1. The molecule has 1 aliphatic rings. The van der Waals surface area contributed by atoms with E-state index in [1.165, 1.54) is 23.6 Å². The Morgan fingerprint density at radius 3 is 2.88 bits per heavy atom. The van der Waals surface area contributed by atoms with Crippen LogP contribution >= 0.6 is 22.9 Å². The average Bonchev–Trinajstić information content (AvgIpc) is 3.26. The molecule has 1 unspecified atom stereocenters. The summed E-state index contributed by atoms with van der Waals surface area (Å²) in [7, 11) is 1.54. The second-order valence-corrected chi connectivity index (χ2v) is 8.94. The molecule has 0 saturated heterocycles. The number of methoxy groups -OCH3 is 1. The smallest absolute Gasteiger partial charge is 0.245 e. The average molecular weight is 477 g/mol. The zero-order valence-corrected chi connectivity index (χ0v) is 20.2. The lowest BCUT2D eigenvalue weighted by Crippen LogP contribution is -2.49. The van der Waals surface area contributed by atoms with E-state index < -0.39 is 6.04 Å². The van der Waals surface area contributed by atoms with Gasteiger partial charge in [0.15, 0.2) is 11.5 Å². The maximum absolute atomic E-state index is 13.1. The molecule has 1 atom stereocenters. The largest absolute Gasteiger partial charge is 0.493 e. The van der Waals surface area contributed by atoms with Crippen LogP contribution < -0.4 is 14.8 Å². The van der Waals surface area contributed by atoms with Crippen LogP contribution in [-0.2, 0) is 22.6 Å². The van der Waals surface area contributed by atoms with Gasteiger partial charge >= 0.3 is 0 Å². The van der Waals surface area contributed by atoms with E-state index in [1.807, 2.05) is 18.7 Å². The molecule has 3 rings (SSSR count). The number of halogens is 1. The minimum absolute atomic E-state index is 0.0313. The summed E-state index contributed by atoms with van der Waals surface area (Å²) < 4.78 is 10.9. The summed E-state index contributed by atoms with van der Waals surface area (Å²) >= 11 is 8.04. The molecule has 1 aliphatic heterocycles. The molecule has 0 spiro atoms. The molecular weight excluding hydrogens is 448 g/mol. The van der Waals surface area contributed by atoms with Gasteiger partial charge in [0.1, 0.15) is 6.04 Å². The first kappa shape index (κ1) is 24.1. The van der Waals surface area contributed by atoms with Crippen LogP contribution in [0.1, 0.15) is 42.7 Å². The molecule has 0 fully saturated rings. The first-order chi connectivity index (χ1) is 15.5. The Morgan fingerprint density at radius 2 is 2.16 bits per heavy atom. The molecule has 8 heteroatoms.